The van der Waals surface area contributed by atoms with Gasteiger partial charge in [0.25, 0.3) is 0 Å². The number of benzene rings is 3. The Labute approximate surface area is 237 Å². The Kier molecular flexibility index (Phi) is 8.06. The number of sulfone groups is 1. The average Bonchev–Trinajstić information content (AvgIpc) is 3.28. The molecular formula is C29H27Cl2FN2O4S. The highest BCUT2D eigenvalue weighted by Gasteiger charge is 2.26. The highest BCUT2D eigenvalue weighted by atomic mass is 35.5. The first-order valence-electron chi connectivity index (χ1n) is 12.2. The zero-order valence-corrected chi connectivity index (χ0v) is 24.1. The predicted molar refractivity (Wildman–Crippen MR) is 152 cm³/mol. The third kappa shape index (κ3) is 5.94. The second kappa shape index (κ2) is 10.8. The number of imidazole rings is 1. The Morgan fingerprint density at radius 2 is 1.72 bits per heavy atom. The van der Waals surface area contributed by atoms with E-state index in [1.807, 2.05) is 6.92 Å². The molecule has 0 saturated carbocycles. The van der Waals surface area contributed by atoms with E-state index in [0.29, 0.717) is 23.2 Å². The van der Waals surface area contributed by atoms with E-state index in [1.54, 1.807) is 54.9 Å². The van der Waals surface area contributed by atoms with Gasteiger partial charge < -0.3 is 5.11 Å². The van der Waals surface area contributed by atoms with Crippen molar-refractivity contribution in [3.63, 3.8) is 0 Å². The number of nitrogens with zero attached hydrogens (tertiary/aromatic N) is 2. The fraction of sp³-hybridized carbons (Fsp3) is 0.241. The second-order valence-electron chi connectivity index (χ2n) is 9.80. The second-order valence-corrected chi connectivity index (χ2v) is 12.6. The van der Waals surface area contributed by atoms with E-state index in [4.69, 9.17) is 23.2 Å². The first kappa shape index (κ1) is 29.0. The van der Waals surface area contributed by atoms with Crippen LogP contribution in [0.2, 0.25) is 10.0 Å². The predicted octanol–water partition coefficient (Wildman–Crippen LogP) is 7.27. The summed E-state index contributed by atoms with van der Waals surface area (Å²) >= 11 is 13.1. The molecule has 1 aromatic heterocycles. The molecule has 0 bridgehead atoms. The number of Topliss-reactive ketones (excluding diaryl/α,β-unsaturated/α-hetero) is 1. The minimum atomic E-state index is -3.68. The lowest BCUT2D eigenvalue weighted by molar-refractivity contribution is 0.0743. The molecule has 204 valence electrons. The molecule has 0 aliphatic carbocycles. The van der Waals surface area contributed by atoms with Crippen molar-refractivity contribution < 1.29 is 22.7 Å². The van der Waals surface area contributed by atoms with Crippen LogP contribution in [-0.2, 0) is 15.4 Å². The topological polar surface area (TPSA) is 89.3 Å². The van der Waals surface area contributed by atoms with Crippen molar-refractivity contribution in [2.24, 2.45) is 0 Å². The number of halogens is 3. The number of aliphatic hydroxyl groups is 1. The van der Waals surface area contributed by atoms with Crippen LogP contribution in [0, 0.1) is 5.82 Å². The number of carbonyl (C=O) groups is 1. The monoisotopic (exact) mass is 588 g/mol. The van der Waals surface area contributed by atoms with Crippen LogP contribution in [0.3, 0.4) is 0 Å². The van der Waals surface area contributed by atoms with Crippen LogP contribution >= 0.6 is 23.2 Å². The molecular weight excluding hydrogens is 562 g/mol. The number of hydrogen-bond acceptors (Lipinski definition) is 5. The van der Waals surface area contributed by atoms with Gasteiger partial charge in [-0.3, -0.25) is 9.36 Å². The van der Waals surface area contributed by atoms with Crippen LogP contribution < -0.4 is 0 Å². The standard InChI is InChI=1S/C29H27Cl2FN2O4S/c1-5-7-24(35)19-12-10-18(15-25(19)39(4,37)38)17-11-13-23(21(31)14-17)34-16-26(29(2,3)36)33-28(34)27-20(30)8-6-9-22(27)32/h6,8-16,36H,5,7H2,1-4H3. The van der Waals surface area contributed by atoms with Crippen molar-refractivity contribution in [3.8, 4) is 28.2 Å². The van der Waals surface area contributed by atoms with Gasteiger partial charge in [0.1, 0.15) is 17.2 Å². The first-order chi connectivity index (χ1) is 18.2. The molecule has 4 aromatic rings. The SMILES string of the molecule is CCCC(=O)c1ccc(-c2ccc(-n3cc(C(C)(C)O)nc3-c3c(F)cccc3Cl)c(Cl)c2)cc1S(C)(=O)=O. The van der Waals surface area contributed by atoms with Gasteiger partial charge in [-0.2, -0.15) is 0 Å². The van der Waals surface area contributed by atoms with E-state index in [-0.39, 0.29) is 49.8 Å². The van der Waals surface area contributed by atoms with Crippen LogP contribution in [0.15, 0.2) is 65.7 Å². The Bertz CT molecular complexity index is 1670. The summed E-state index contributed by atoms with van der Waals surface area (Å²) < 4.78 is 41.5. The van der Waals surface area contributed by atoms with Gasteiger partial charge in [0.2, 0.25) is 0 Å². The maximum atomic E-state index is 14.9. The van der Waals surface area contributed by atoms with Crippen LogP contribution in [0.25, 0.3) is 28.2 Å². The van der Waals surface area contributed by atoms with E-state index >= 15 is 0 Å². The quantitative estimate of drug-likeness (QED) is 0.219. The molecule has 0 amide bonds. The van der Waals surface area contributed by atoms with Crippen molar-refractivity contribution in [2.45, 2.75) is 44.1 Å². The maximum absolute atomic E-state index is 14.9. The van der Waals surface area contributed by atoms with Crippen LogP contribution in [0.1, 0.15) is 49.7 Å². The molecule has 3 aromatic carbocycles. The first-order valence-corrected chi connectivity index (χ1v) is 14.8. The number of ketones is 1. The third-order valence-corrected chi connectivity index (χ3v) is 7.97. The zero-order chi connectivity index (χ0) is 28.7. The van der Waals surface area contributed by atoms with E-state index in [9.17, 15) is 22.7 Å². The fourth-order valence-corrected chi connectivity index (χ4v) is 5.67. The van der Waals surface area contributed by atoms with Crippen molar-refractivity contribution in [3.05, 3.63) is 87.9 Å². The van der Waals surface area contributed by atoms with Gasteiger partial charge in [0, 0.05) is 24.4 Å². The molecule has 0 aliphatic heterocycles. The van der Waals surface area contributed by atoms with E-state index in [0.717, 1.165) is 6.26 Å². The molecule has 39 heavy (non-hydrogen) atoms. The van der Waals surface area contributed by atoms with Gasteiger partial charge in [0.15, 0.2) is 15.6 Å². The molecule has 10 heteroatoms. The van der Waals surface area contributed by atoms with Crippen LogP contribution in [-0.4, -0.2) is 35.1 Å². The molecule has 0 saturated heterocycles. The largest absolute Gasteiger partial charge is 0.384 e. The molecule has 1 heterocycles. The Morgan fingerprint density at radius 1 is 1.05 bits per heavy atom. The lowest BCUT2D eigenvalue weighted by Crippen LogP contribution is -2.15. The molecule has 0 fully saturated rings. The van der Waals surface area contributed by atoms with Gasteiger partial charge in [-0.25, -0.2) is 17.8 Å². The summed E-state index contributed by atoms with van der Waals surface area (Å²) in [6, 6.07) is 14.0. The molecule has 0 atom stereocenters. The summed E-state index contributed by atoms with van der Waals surface area (Å²) in [4.78, 5) is 17.0. The molecule has 1 N–H and O–H groups in total. The molecule has 0 radical (unpaired) electrons. The van der Waals surface area contributed by atoms with Gasteiger partial charge >= 0.3 is 0 Å². The maximum Gasteiger partial charge on any atom is 0.176 e. The zero-order valence-electron chi connectivity index (χ0n) is 21.8. The minimum Gasteiger partial charge on any atom is -0.384 e. The summed E-state index contributed by atoms with van der Waals surface area (Å²) in [6.07, 6.45) is 3.48. The van der Waals surface area contributed by atoms with Crippen molar-refractivity contribution >= 4 is 38.8 Å². The summed E-state index contributed by atoms with van der Waals surface area (Å²) in [5.41, 5.74) is 0.768. The number of rotatable bonds is 8. The van der Waals surface area contributed by atoms with E-state index in [1.165, 1.54) is 24.3 Å². The average molecular weight is 590 g/mol. The molecule has 4 rings (SSSR count). The number of carbonyl (C=O) groups excluding carboxylic acids is 1. The van der Waals surface area contributed by atoms with Gasteiger partial charge in [0.05, 0.1) is 31.9 Å². The summed E-state index contributed by atoms with van der Waals surface area (Å²) in [7, 11) is -3.68. The third-order valence-electron chi connectivity index (χ3n) is 6.22. The van der Waals surface area contributed by atoms with Crippen molar-refractivity contribution in [1.29, 1.82) is 0 Å². The number of hydrogen-bond donors (Lipinski definition) is 1. The van der Waals surface area contributed by atoms with Gasteiger partial charge in [-0.05, 0) is 67.8 Å². The summed E-state index contributed by atoms with van der Waals surface area (Å²) in [5.74, 6) is -0.668. The lowest BCUT2D eigenvalue weighted by atomic mass is 10.0. The Balaban J connectivity index is 1.86. The normalized spacial score (nSPS) is 12.1. The van der Waals surface area contributed by atoms with Crippen LogP contribution in [0.4, 0.5) is 4.39 Å². The number of aromatic nitrogens is 2. The molecule has 0 unspecified atom stereocenters. The highest BCUT2D eigenvalue weighted by Crippen LogP contribution is 2.37. The molecule has 6 nitrogen and oxygen atoms in total. The van der Waals surface area contributed by atoms with Crippen molar-refractivity contribution in [2.75, 3.05) is 6.26 Å². The molecule has 0 spiro atoms. The Morgan fingerprint density at radius 3 is 2.31 bits per heavy atom. The van der Waals surface area contributed by atoms with Gasteiger partial charge in [-0.15, -0.1) is 0 Å². The fourth-order valence-electron chi connectivity index (χ4n) is 4.23. The van der Waals surface area contributed by atoms with Crippen LogP contribution in [0.5, 0.6) is 0 Å². The Hall–Kier alpha value is -3.04. The van der Waals surface area contributed by atoms with E-state index < -0.39 is 21.3 Å². The van der Waals surface area contributed by atoms with Crippen molar-refractivity contribution in [1.82, 2.24) is 9.55 Å². The lowest BCUT2D eigenvalue weighted by Gasteiger charge is -2.14. The minimum absolute atomic E-state index is 0.0421. The van der Waals surface area contributed by atoms with E-state index in [2.05, 4.69) is 4.98 Å². The van der Waals surface area contributed by atoms with Gasteiger partial charge in [-0.1, -0.05) is 48.3 Å². The highest BCUT2D eigenvalue weighted by molar-refractivity contribution is 7.90. The summed E-state index contributed by atoms with van der Waals surface area (Å²) in [5, 5.41) is 11.0. The molecule has 0 aliphatic rings. The smallest absolute Gasteiger partial charge is 0.176 e. The summed E-state index contributed by atoms with van der Waals surface area (Å²) in [6.45, 7) is 4.98.